The monoisotopic (exact) mass is 219 g/mol. The van der Waals surface area contributed by atoms with E-state index in [9.17, 15) is 4.79 Å². The highest BCUT2D eigenvalue weighted by molar-refractivity contribution is 7.99. The first kappa shape index (κ1) is 13.8. The third-order valence-corrected chi connectivity index (χ3v) is 2.93. The molecule has 0 fully saturated rings. The first-order valence-electron chi connectivity index (χ1n) is 5.01. The summed E-state index contributed by atoms with van der Waals surface area (Å²) in [4.78, 5) is 11.1. The van der Waals surface area contributed by atoms with Gasteiger partial charge in [0.05, 0.1) is 0 Å². The molecule has 0 aliphatic heterocycles. The van der Waals surface area contributed by atoms with Crippen molar-refractivity contribution in [2.24, 2.45) is 0 Å². The second-order valence-corrected chi connectivity index (χ2v) is 5.28. The van der Waals surface area contributed by atoms with Crippen molar-refractivity contribution in [2.75, 3.05) is 11.5 Å². The van der Waals surface area contributed by atoms with Gasteiger partial charge in [-0.15, -0.1) is 0 Å². The zero-order chi connectivity index (χ0) is 11.2. The number of carboxylic acid groups (broad SMARTS) is 1. The molecular formula is C10H21NO2S. The molecule has 0 bridgehead atoms. The Hall–Kier alpha value is -0.220. The lowest BCUT2D eigenvalue weighted by Crippen LogP contribution is -2.52. The van der Waals surface area contributed by atoms with E-state index in [1.165, 1.54) is 0 Å². The quantitative estimate of drug-likeness (QED) is 0.643. The van der Waals surface area contributed by atoms with Gasteiger partial charge in [-0.1, -0.05) is 6.92 Å². The molecule has 1 atom stereocenters. The summed E-state index contributed by atoms with van der Waals surface area (Å²) in [5.74, 6) is 1.17. The van der Waals surface area contributed by atoms with E-state index in [4.69, 9.17) is 5.11 Å². The molecule has 4 heteroatoms. The summed E-state index contributed by atoms with van der Waals surface area (Å²) in [5.41, 5.74) is -0.781. The van der Waals surface area contributed by atoms with Crippen molar-refractivity contribution in [1.29, 1.82) is 0 Å². The maximum atomic E-state index is 11.1. The fraction of sp³-hybridized carbons (Fsp3) is 0.900. The van der Waals surface area contributed by atoms with E-state index in [-0.39, 0.29) is 6.04 Å². The Bertz CT molecular complexity index is 185. The van der Waals surface area contributed by atoms with Crippen LogP contribution in [0.1, 0.15) is 34.1 Å². The van der Waals surface area contributed by atoms with Gasteiger partial charge in [-0.05, 0) is 38.7 Å². The van der Waals surface area contributed by atoms with Crippen LogP contribution in [0.4, 0.5) is 0 Å². The van der Waals surface area contributed by atoms with Gasteiger partial charge in [-0.3, -0.25) is 10.1 Å². The fourth-order valence-corrected chi connectivity index (χ4v) is 2.14. The summed E-state index contributed by atoms with van der Waals surface area (Å²) in [6.45, 7) is 7.77. The van der Waals surface area contributed by atoms with Gasteiger partial charge < -0.3 is 5.11 Å². The minimum atomic E-state index is -0.781. The molecular weight excluding hydrogens is 198 g/mol. The molecule has 0 aromatic rings. The average molecular weight is 219 g/mol. The van der Waals surface area contributed by atoms with Crippen LogP contribution in [0.15, 0.2) is 0 Å². The summed E-state index contributed by atoms with van der Waals surface area (Å²) in [5, 5.41) is 12.2. The minimum Gasteiger partial charge on any atom is -0.480 e. The van der Waals surface area contributed by atoms with Crippen molar-refractivity contribution in [3.05, 3.63) is 0 Å². The highest BCUT2D eigenvalue weighted by Crippen LogP contribution is 2.15. The van der Waals surface area contributed by atoms with Gasteiger partial charge in [0.25, 0.3) is 0 Å². The number of aliphatic carboxylic acids is 1. The molecule has 0 heterocycles. The highest BCUT2D eigenvalue weighted by Gasteiger charge is 2.32. The Morgan fingerprint density at radius 3 is 2.50 bits per heavy atom. The predicted octanol–water partition coefficient (Wildman–Crippen LogP) is 1.97. The van der Waals surface area contributed by atoms with E-state index in [1.54, 1.807) is 18.7 Å². The van der Waals surface area contributed by atoms with Crippen molar-refractivity contribution in [3.8, 4) is 0 Å². The van der Waals surface area contributed by atoms with Crippen molar-refractivity contribution in [2.45, 2.75) is 45.7 Å². The molecule has 3 nitrogen and oxygen atoms in total. The van der Waals surface area contributed by atoms with Gasteiger partial charge >= 0.3 is 5.97 Å². The standard InChI is InChI=1S/C10H21NO2S/c1-5-14-7-6-10(4,9(12)13)11-8(2)3/h8,11H,5-7H2,1-4H3,(H,12,13). The molecule has 84 valence electrons. The molecule has 1 unspecified atom stereocenters. The van der Waals surface area contributed by atoms with E-state index in [1.807, 2.05) is 13.8 Å². The maximum Gasteiger partial charge on any atom is 0.323 e. The number of carboxylic acids is 1. The van der Waals surface area contributed by atoms with Crippen molar-refractivity contribution in [3.63, 3.8) is 0 Å². The van der Waals surface area contributed by atoms with Crippen LogP contribution in [0.2, 0.25) is 0 Å². The number of thioether (sulfide) groups is 1. The highest BCUT2D eigenvalue weighted by atomic mass is 32.2. The van der Waals surface area contributed by atoms with Crippen LogP contribution >= 0.6 is 11.8 Å². The number of rotatable bonds is 7. The molecule has 0 radical (unpaired) electrons. The van der Waals surface area contributed by atoms with E-state index in [2.05, 4.69) is 12.2 Å². The van der Waals surface area contributed by atoms with E-state index in [0.29, 0.717) is 6.42 Å². The topological polar surface area (TPSA) is 49.3 Å². The smallest absolute Gasteiger partial charge is 0.323 e. The number of nitrogens with one attached hydrogen (secondary N) is 1. The van der Waals surface area contributed by atoms with Crippen LogP contribution in [0.3, 0.4) is 0 Å². The second kappa shape index (κ2) is 6.30. The summed E-state index contributed by atoms with van der Waals surface area (Å²) in [7, 11) is 0. The number of carbonyl (C=O) groups is 1. The van der Waals surface area contributed by atoms with Crippen LogP contribution in [0, 0.1) is 0 Å². The fourth-order valence-electron chi connectivity index (χ4n) is 1.30. The third kappa shape index (κ3) is 4.86. The molecule has 0 aliphatic carbocycles. The van der Waals surface area contributed by atoms with Crippen LogP contribution in [-0.2, 0) is 4.79 Å². The lowest BCUT2D eigenvalue weighted by atomic mass is 9.98. The third-order valence-electron chi connectivity index (χ3n) is 2.03. The summed E-state index contributed by atoms with van der Waals surface area (Å²) >= 11 is 1.78. The van der Waals surface area contributed by atoms with Crippen molar-refractivity contribution in [1.82, 2.24) is 5.32 Å². The van der Waals surface area contributed by atoms with Crippen LogP contribution in [-0.4, -0.2) is 34.2 Å². The minimum absolute atomic E-state index is 0.197. The van der Waals surface area contributed by atoms with Gasteiger partial charge in [0.1, 0.15) is 5.54 Å². The van der Waals surface area contributed by atoms with Gasteiger partial charge in [0.15, 0.2) is 0 Å². The zero-order valence-electron chi connectivity index (χ0n) is 9.46. The first-order valence-corrected chi connectivity index (χ1v) is 6.16. The molecule has 0 amide bonds. The van der Waals surface area contributed by atoms with Crippen LogP contribution in [0.5, 0.6) is 0 Å². The molecule has 14 heavy (non-hydrogen) atoms. The van der Waals surface area contributed by atoms with Gasteiger partial charge in [-0.2, -0.15) is 11.8 Å². The molecule has 0 spiro atoms. The lowest BCUT2D eigenvalue weighted by molar-refractivity contribution is -0.144. The van der Waals surface area contributed by atoms with E-state index >= 15 is 0 Å². The maximum absolute atomic E-state index is 11.1. The summed E-state index contributed by atoms with van der Waals surface area (Å²) < 4.78 is 0. The van der Waals surface area contributed by atoms with E-state index in [0.717, 1.165) is 11.5 Å². The van der Waals surface area contributed by atoms with Crippen molar-refractivity contribution < 1.29 is 9.90 Å². The molecule has 0 aromatic carbocycles. The van der Waals surface area contributed by atoms with Crippen LogP contribution in [0.25, 0.3) is 0 Å². The Balaban J connectivity index is 4.17. The molecule has 0 aromatic heterocycles. The average Bonchev–Trinajstić information content (AvgIpc) is 2.03. The Morgan fingerprint density at radius 1 is 1.57 bits per heavy atom. The van der Waals surface area contributed by atoms with E-state index < -0.39 is 11.5 Å². The number of hydrogen-bond acceptors (Lipinski definition) is 3. The normalized spacial score (nSPS) is 15.5. The Labute approximate surface area is 90.7 Å². The first-order chi connectivity index (χ1) is 6.42. The van der Waals surface area contributed by atoms with Gasteiger partial charge in [0.2, 0.25) is 0 Å². The zero-order valence-corrected chi connectivity index (χ0v) is 10.3. The molecule has 0 aliphatic rings. The molecule has 0 rings (SSSR count). The molecule has 2 N–H and O–H groups in total. The SMILES string of the molecule is CCSCCC(C)(NC(C)C)C(=O)O. The van der Waals surface area contributed by atoms with Gasteiger partial charge in [-0.25, -0.2) is 0 Å². The Morgan fingerprint density at radius 2 is 2.14 bits per heavy atom. The van der Waals surface area contributed by atoms with Crippen molar-refractivity contribution >= 4 is 17.7 Å². The summed E-state index contributed by atoms with van der Waals surface area (Å²) in [6, 6.07) is 0.197. The summed E-state index contributed by atoms with van der Waals surface area (Å²) in [6.07, 6.45) is 0.666. The molecule has 0 saturated carbocycles. The Kier molecular flexibility index (Phi) is 6.20. The molecule has 0 saturated heterocycles. The lowest BCUT2D eigenvalue weighted by Gasteiger charge is -2.28. The second-order valence-electron chi connectivity index (χ2n) is 3.88. The van der Waals surface area contributed by atoms with Crippen LogP contribution < -0.4 is 5.32 Å². The number of hydrogen-bond donors (Lipinski definition) is 2. The predicted molar refractivity (Wildman–Crippen MR) is 61.9 cm³/mol. The van der Waals surface area contributed by atoms with Gasteiger partial charge in [0, 0.05) is 6.04 Å². The largest absolute Gasteiger partial charge is 0.480 e.